The Morgan fingerprint density at radius 2 is 1.75 bits per heavy atom. The number of nitrogens with zero attached hydrogens (tertiary/aromatic N) is 1. The highest BCUT2D eigenvalue weighted by atomic mass is 35.5. The van der Waals surface area contributed by atoms with E-state index < -0.39 is 0 Å². The smallest absolute Gasteiger partial charge is 0.00418 e. The standard InChI is InChI=1S/C13H28N2.ClH/c1-13(2,10-14)11-15(3)9-12-7-5-4-6-8-12;/h12H,4-11,14H2,1-3H3;1H. The summed E-state index contributed by atoms with van der Waals surface area (Å²) in [6.45, 7) is 7.68. The fraction of sp³-hybridized carbons (Fsp3) is 1.00. The monoisotopic (exact) mass is 248 g/mol. The summed E-state index contributed by atoms with van der Waals surface area (Å²) in [5.41, 5.74) is 6.03. The molecule has 1 saturated carbocycles. The SMILES string of the molecule is CN(CC1CCCCC1)CC(C)(C)CN.Cl. The fourth-order valence-corrected chi connectivity index (χ4v) is 2.67. The maximum absolute atomic E-state index is 5.76. The van der Waals surface area contributed by atoms with Crippen LogP contribution >= 0.6 is 12.4 Å². The third kappa shape index (κ3) is 6.07. The molecule has 0 aliphatic heterocycles. The highest BCUT2D eigenvalue weighted by molar-refractivity contribution is 5.85. The van der Waals surface area contributed by atoms with Crippen molar-refractivity contribution < 1.29 is 0 Å². The van der Waals surface area contributed by atoms with Crippen molar-refractivity contribution in [2.45, 2.75) is 46.0 Å². The first kappa shape index (κ1) is 16.2. The molecule has 3 heteroatoms. The van der Waals surface area contributed by atoms with Gasteiger partial charge in [0.1, 0.15) is 0 Å². The zero-order valence-electron chi connectivity index (χ0n) is 11.2. The Morgan fingerprint density at radius 1 is 1.19 bits per heavy atom. The molecule has 0 bridgehead atoms. The molecule has 2 N–H and O–H groups in total. The molecule has 1 fully saturated rings. The molecule has 0 saturated heterocycles. The minimum atomic E-state index is 0. The molecule has 1 aliphatic carbocycles. The van der Waals surface area contributed by atoms with E-state index in [-0.39, 0.29) is 17.8 Å². The Bertz CT molecular complexity index is 177. The topological polar surface area (TPSA) is 29.3 Å². The molecule has 0 radical (unpaired) electrons. The van der Waals surface area contributed by atoms with Gasteiger partial charge in [-0.1, -0.05) is 33.1 Å². The van der Waals surface area contributed by atoms with Crippen LogP contribution in [0.25, 0.3) is 0 Å². The van der Waals surface area contributed by atoms with Gasteiger partial charge < -0.3 is 10.6 Å². The van der Waals surface area contributed by atoms with Crippen LogP contribution in [-0.2, 0) is 0 Å². The summed E-state index contributed by atoms with van der Waals surface area (Å²) in [5.74, 6) is 0.942. The second-order valence-electron chi connectivity index (χ2n) is 6.07. The average Bonchev–Trinajstić information content (AvgIpc) is 2.18. The predicted octanol–water partition coefficient (Wildman–Crippen LogP) is 2.91. The van der Waals surface area contributed by atoms with E-state index in [1.54, 1.807) is 0 Å². The fourth-order valence-electron chi connectivity index (χ4n) is 2.67. The summed E-state index contributed by atoms with van der Waals surface area (Å²) in [4.78, 5) is 2.48. The second kappa shape index (κ2) is 7.52. The Labute approximate surface area is 107 Å². The molecule has 98 valence electrons. The van der Waals surface area contributed by atoms with Gasteiger partial charge in [0, 0.05) is 13.1 Å². The molecule has 0 spiro atoms. The second-order valence-corrected chi connectivity index (χ2v) is 6.07. The van der Waals surface area contributed by atoms with Crippen molar-refractivity contribution in [2.75, 3.05) is 26.7 Å². The zero-order valence-corrected chi connectivity index (χ0v) is 12.0. The van der Waals surface area contributed by atoms with Gasteiger partial charge in [0.2, 0.25) is 0 Å². The lowest BCUT2D eigenvalue weighted by atomic mass is 9.88. The van der Waals surface area contributed by atoms with E-state index in [9.17, 15) is 0 Å². The van der Waals surface area contributed by atoms with Gasteiger partial charge in [-0.3, -0.25) is 0 Å². The summed E-state index contributed by atoms with van der Waals surface area (Å²) in [6, 6.07) is 0. The first-order valence-electron chi connectivity index (χ1n) is 6.42. The molecule has 0 unspecified atom stereocenters. The first-order valence-corrected chi connectivity index (χ1v) is 6.42. The van der Waals surface area contributed by atoms with Gasteiger partial charge in [-0.15, -0.1) is 12.4 Å². The Hall–Kier alpha value is 0.210. The molecule has 0 aromatic heterocycles. The van der Waals surface area contributed by atoms with Gasteiger partial charge in [-0.05, 0) is 37.8 Å². The third-order valence-electron chi connectivity index (χ3n) is 3.55. The highest BCUT2D eigenvalue weighted by Gasteiger charge is 2.21. The molecule has 0 atom stereocenters. The van der Waals surface area contributed by atoms with E-state index in [0.29, 0.717) is 0 Å². The molecule has 0 aromatic carbocycles. The minimum Gasteiger partial charge on any atom is -0.330 e. The molecule has 1 aliphatic rings. The van der Waals surface area contributed by atoms with Crippen molar-refractivity contribution in [1.29, 1.82) is 0 Å². The Morgan fingerprint density at radius 3 is 2.25 bits per heavy atom. The van der Waals surface area contributed by atoms with E-state index in [1.165, 1.54) is 38.6 Å². The number of rotatable bonds is 5. The molecule has 2 nitrogen and oxygen atoms in total. The number of hydrogen-bond acceptors (Lipinski definition) is 2. The summed E-state index contributed by atoms with van der Waals surface area (Å²) in [7, 11) is 2.24. The average molecular weight is 249 g/mol. The number of nitrogens with two attached hydrogens (primary N) is 1. The van der Waals surface area contributed by atoms with E-state index in [0.717, 1.165) is 19.0 Å². The van der Waals surface area contributed by atoms with Gasteiger partial charge in [-0.2, -0.15) is 0 Å². The molecule has 0 heterocycles. The van der Waals surface area contributed by atoms with Gasteiger partial charge in [0.15, 0.2) is 0 Å². The normalized spacial score (nSPS) is 18.6. The van der Waals surface area contributed by atoms with Crippen molar-refractivity contribution in [3.63, 3.8) is 0 Å². The summed E-state index contributed by atoms with van der Waals surface area (Å²) < 4.78 is 0. The van der Waals surface area contributed by atoms with Crippen LogP contribution in [-0.4, -0.2) is 31.6 Å². The zero-order chi connectivity index (χ0) is 11.3. The number of hydrogen-bond donors (Lipinski definition) is 1. The van der Waals surface area contributed by atoms with Crippen molar-refractivity contribution >= 4 is 12.4 Å². The molecular weight excluding hydrogens is 220 g/mol. The van der Waals surface area contributed by atoms with Crippen molar-refractivity contribution in [2.24, 2.45) is 17.1 Å². The van der Waals surface area contributed by atoms with E-state index in [4.69, 9.17) is 5.73 Å². The lowest BCUT2D eigenvalue weighted by Gasteiger charge is -2.32. The van der Waals surface area contributed by atoms with Crippen LogP contribution in [0.15, 0.2) is 0 Å². The Balaban J connectivity index is 0.00000225. The molecule has 0 aromatic rings. The molecular formula is C13H29ClN2. The lowest BCUT2D eigenvalue weighted by Crippen LogP contribution is -2.39. The molecule has 0 amide bonds. The highest BCUT2D eigenvalue weighted by Crippen LogP contribution is 2.25. The largest absolute Gasteiger partial charge is 0.330 e. The third-order valence-corrected chi connectivity index (χ3v) is 3.55. The van der Waals surface area contributed by atoms with E-state index in [2.05, 4.69) is 25.8 Å². The molecule has 16 heavy (non-hydrogen) atoms. The lowest BCUT2D eigenvalue weighted by molar-refractivity contribution is 0.173. The maximum atomic E-state index is 5.76. The van der Waals surface area contributed by atoms with Gasteiger partial charge in [-0.25, -0.2) is 0 Å². The van der Waals surface area contributed by atoms with E-state index in [1.807, 2.05) is 0 Å². The van der Waals surface area contributed by atoms with Crippen LogP contribution in [0.1, 0.15) is 46.0 Å². The summed E-state index contributed by atoms with van der Waals surface area (Å²) >= 11 is 0. The van der Waals surface area contributed by atoms with Crippen LogP contribution in [0.5, 0.6) is 0 Å². The summed E-state index contributed by atoms with van der Waals surface area (Å²) in [6.07, 6.45) is 7.22. The van der Waals surface area contributed by atoms with Crippen LogP contribution in [0.2, 0.25) is 0 Å². The van der Waals surface area contributed by atoms with Crippen molar-refractivity contribution in [3.8, 4) is 0 Å². The Kier molecular flexibility index (Phi) is 7.62. The maximum Gasteiger partial charge on any atom is 0.00418 e. The van der Waals surface area contributed by atoms with E-state index >= 15 is 0 Å². The van der Waals surface area contributed by atoms with Gasteiger partial charge in [0.05, 0.1) is 0 Å². The van der Waals surface area contributed by atoms with Crippen LogP contribution in [0.4, 0.5) is 0 Å². The quantitative estimate of drug-likeness (QED) is 0.811. The van der Waals surface area contributed by atoms with Gasteiger partial charge >= 0.3 is 0 Å². The minimum absolute atomic E-state index is 0. The molecule has 1 rings (SSSR count). The predicted molar refractivity (Wildman–Crippen MR) is 74.2 cm³/mol. The van der Waals surface area contributed by atoms with Crippen molar-refractivity contribution in [1.82, 2.24) is 4.90 Å². The summed E-state index contributed by atoms with van der Waals surface area (Å²) in [5, 5.41) is 0. The van der Waals surface area contributed by atoms with Crippen LogP contribution in [0.3, 0.4) is 0 Å². The number of halogens is 1. The van der Waals surface area contributed by atoms with Crippen LogP contribution in [0, 0.1) is 11.3 Å². The van der Waals surface area contributed by atoms with Crippen molar-refractivity contribution in [3.05, 3.63) is 0 Å². The van der Waals surface area contributed by atoms with Gasteiger partial charge in [0.25, 0.3) is 0 Å². The van der Waals surface area contributed by atoms with Crippen LogP contribution < -0.4 is 5.73 Å². The first-order chi connectivity index (χ1) is 7.03.